The Balaban J connectivity index is 1.27. The first kappa shape index (κ1) is 23.5. The summed E-state index contributed by atoms with van der Waals surface area (Å²) in [5, 5.41) is 8.50. The highest BCUT2D eigenvalue weighted by Crippen LogP contribution is 2.34. The van der Waals surface area contributed by atoms with E-state index in [1.165, 1.54) is 25.5 Å². The van der Waals surface area contributed by atoms with Gasteiger partial charge in [-0.15, -0.1) is 0 Å². The number of nitrogens with one attached hydrogen (secondary N) is 1. The summed E-state index contributed by atoms with van der Waals surface area (Å²) in [6, 6.07) is 7.43. The number of fused-ring (bicyclic) bond motifs is 3. The molecule has 2 aromatic heterocycles. The molecular formula is C28H30FN7O2. The molecule has 4 aromatic rings. The molecule has 2 aromatic carbocycles. The number of benzene rings is 2. The molecule has 0 saturated carbocycles. The number of hydrogen-bond donors (Lipinski definition) is 1. The van der Waals surface area contributed by atoms with Crippen LogP contribution in [0.15, 0.2) is 36.7 Å². The molecule has 9 nitrogen and oxygen atoms in total. The van der Waals surface area contributed by atoms with Gasteiger partial charge in [-0.1, -0.05) is 0 Å². The van der Waals surface area contributed by atoms with Crippen LogP contribution in [0.3, 0.4) is 0 Å². The molecule has 0 bridgehead atoms. The number of carbonyl (C=O) groups is 1. The number of anilines is 2. The fourth-order valence-electron chi connectivity index (χ4n) is 6.21. The number of aromatic nitrogens is 4. The van der Waals surface area contributed by atoms with Gasteiger partial charge >= 0.3 is 0 Å². The lowest BCUT2D eigenvalue weighted by molar-refractivity contribution is 0.102. The van der Waals surface area contributed by atoms with Gasteiger partial charge < -0.3 is 15.0 Å². The van der Waals surface area contributed by atoms with Crippen LogP contribution in [0.25, 0.3) is 21.8 Å². The van der Waals surface area contributed by atoms with Crippen LogP contribution in [0.2, 0.25) is 0 Å². The van der Waals surface area contributed by atoms with Gasteiger partial charge in [0.1, 0.15) is 11.6 Å². The van der Waals surface area contributed by atoms with Gasteiger partial charge in [0.2, 0.25) is 0 Å². The first-order chi connectivity index (χ1) is 18.5. The lowest BCUT2D eigenvalue weighted by atomic mass is 10.0. The minimum absolute atomic E-state index is 0.164. The zero-order chi connectivity index (χ0) is 25.8. The minimum atomic E-state index is -0.479. The molecule has 0 aliphatic carbocycles. The Kier molecular flexibility index (Phi) is 5.74. The lowest BCUT2D eigenvalue weighted by Gasteiger charge is -2.39. The van der Waals surface area contributed by atoms with E-state index in [-0.39, 0.29) is 17.5 Å². The van der Waals surface area contributed by atoms with Crippen molar-refractivity contribution in [3.63, 3.8) is 0 Å². The maximum absolute atomic E-state index is 14.7. The highest BCUT2D eigenvalue weighted by atomic mass is 19.1. The van der Waals surface area contributed by atoms with Crippen LogP contribution in [0, 0.1) is 5.82 Å². The highest BCUT2D eigenvalue weighted by Gasteiger charge is 2.32. The first-order valence-electron chi connectivity index (χ1n) is 13.4. The predicted molar refractivity (Wildman–Crippen MR) is 143 cm³/mol. The van der Waals surface area contributed by atoms with Crippen LogP contribution in [-0.2, 0) is 11.8 Å². The van der Waals surface area contributed by atoms with Crippen molar-refractivity contribution in [3.8, 4) is 0 Å². The van der Waals surface area contributed by atoms with E-state index in [1.807, 2.05) is 18.3 Å². The van der Waals surface area contributed by atoms with E-state index < -0.39 is 5.82 Å². The minimum Gasteiger partial charge on any atom is -0.370 e. The summed E-state index contributed by atoms with van der Waals surface area (Å²) >= 11 is 0. The number of ether oxygens (including phenoxy) is 1. The fourth-order valence-corrected chi connectivity index (χ4v) is 6.21. The van der Waals surface area contributed by atoms with Gasteiger partial charge in [-0.25, -0.2) is 14.4 Å². The molecule has 196 valence electrons. The monoisotopic (exact) mass is 515 g/mol. The maximum Gasteiger partial charge on any atom is 0.257 e. The molecule has 7 rings (SSSR count). The van der Waals surface area contributed by atoms with Crippen molar-refractivity contribution in [1.82, 2.24) is 24.6 Å². The number of nitrogens with zero attached hydrogens (tertiary/aromatic N) is 6. The third-order valence-electron chi connectivity index (χ3n) is 8.07. The Morgan fingerprint density at radius 2 is 2.05 bits per heavy atom. The molecule has 3 saturated heterocycles. The largest absolute Gasteiger partial charge is 0.370 e. The summed E-state index contributed by atoms with van der Waals surface area (Å²) in [6.45, 7) is 4.78. The smallest absolute Gasteiger partial charge is 0.257 e. The molecule has 3 fully saturated rings. The topological polar surface area (TPSA) is 88.4 Å². The number of amides is 1. The standard InChI is InChI=1S/C28H30FN7O2/c1-34-15-17-12-18(13-22(29)25(17)33-34)31-28(37)20-6-7-23(36-10-9-35-8-2-4-19(35)16-36)21-14-30-27(32-26(20)21)24-5-3-11-38-24/h6-7,12-15,19,24H,2-5,8-11,16H2,1H3,(H,31,37). The fraction of sp³-hybridized carbons (Fsp3) is 0.429. The number of carbonyl (C=O) groups excluding carboxylic acids is 1. The SMILES string of the molecule is Cn1cc2cc(NC(=O)c3ccc(N4CCN5CCCC5C4)c4cnc(C5CCCO5)nc34)cc(F)c2n1. The maximum atomic E-state index is 14.7. The van der Waals surface area contributed by atoms with Crippen molar-refractivity contribution >= 4 is 39.1 Å². The van der Waals surface area contributed by atoms with Crippen molar-refractivity contribution in [2.75, 3.05) is 43.0 Å². The number of rotatable bonds is 4. The molecule has 3 aliphatic rings. The Morgan fingerprint density at radius 3 is 2.92 bits per heavy atom. The second kappa shape index (κ2) is 9.28. The van der Waals surface area contributed by atoms with Crippen LogP contribution in [-0.4, -0.2) is 69.4 Å². The summed E-state index contributed by atoms with van der Waals surface area (Å²) in [5.41, 5.74) is 2.71. The van der Waals surface area contributed by atoms with E-state index in [1.54, 1.807) is 24.0 Å². The summed E-state index contributed by atoms with van der Waals surface area (Å²) in [6.07, 6.45) is 7.69. The average Bonchev–Trinajstić information content (AvgIpc) is 3.68. The van der Waals surface area contributed by atoms with E-state index in [0.717, 1.165) is 43.5 Å². The van der Waals surface area contributed by atoms with Crippen molar-refractivity contribution in [2.24, 2.45) is 7.05 Å². The molecule has 10 heteroatoms. The normalized spacial score (nSPS) is 21.9. The third-order valence-corrected chi connectivity index (χ3v) is 8.07. The van der Waals surface area contributed by atoms with E-state index in [9.17, 15) is 9.18 Å². The van der Waals surface area contributed by atoms with Crippen molar-refractivity contribution < 1.29 is 13.9 Å². The van der Waals surface area contributed by atoms with E-state index in [0.29, 0.717) is 40.6 Å². The quantitative estimate of drug-likeness (QED) is 0.439. The Hall–Kier alpha value is -3.63. The summed E-state index contributed by atoms with van der Waals surface area (Å²) < 4.78 is 22.1. The molecule has 1 N–H and O–H groups in total. The Labute approximate surface area is 219 Å². The van der Waals surface area contributed by atoms with Crippen molar-refractivity contribution in [1.29, 1.82) is 0 Å². The zero-order valence-electron chi connectivity index (χ0n) is 21.4. The molecule has 1 amide bonds. The van der Waals surface area contributed by atoms with E-state index in [2.05, 4.69) is 25.2 Å². The first-order valence-corrected chi connectivity index (χ1v) is 13.4. The molecule has 0 radical (unpaired) electrons. The summed E-state index contributed by atoms with van der Waals surface area (Å²) in [4.78, 5) is 28.1. The van der Waals surface area contributed by atoms with Gasteiger partial charge in [-0.2, -0.15) is 5.10 Å². The molecule has 2 atom stereocenters. The van der Waals surface area contributed by atoms with Crippen LogP contribution in [0.5, 0.6) is 0 Å². The zero-order valence-corrected chi connectivity index (χ0v) is 21.4. The number of halogens is 1. The highest BCUT2D eigenvalue weighted by molar-refractivity contribution is 6.14. The van der Waals surface area contributed by atoms with Crippen LogP contribution < -0.4 is 10.2 Å². The average molecular weight is 516 g/mol. The molecule has 5 heterocycles. The molecule has 0 spiro atoms. The summed E-state index contributed by atoms with van der Waals surface area (Å²) in [7, 11) is 1.74. The predicted octanol–water partition coefficient (Wildman–Crippen LogP) is 4.04. The molecule has 3 aliphatic heterocycles. The van der Waals surface area contributed by atoms with Gasteiger partial charge in [0.05, 0.1) is 11.1 Å². The number of piperazine rings is 1. The lowest BCUT2D eigenvalue weighted by Crippen LogP contribution is -2.50. The Morgan fingerprint density at radius 1 is 1.13 bits per heavy atom. The van der Waals surface area contributed by atoms with Crippen molar-refractivity contribution in [3.05, 3.63) is 53.9 Å². The second-order valence-corrected chi connectivity index (χ2v) is 10.6. The Bertz CT molecular complexity index is 1550. The summed E-state index contributed by atoms with van der Waals surface area (Å²) in [5.74, 6) is -0.223. The molecule has 38 heavy (non-hydrogen) atoms. The molecule has 2 unspecified atom stereocenters. The third kappa shape index (κ3) is 4.08. The van der Waals surface area contributed by atoms with Gasteiger partial charge in [-0.05, 0) is 56.5 Å². The second-order valence-electron chi connectivity index (χ2n) is 10.6. The number of aryl methyl sites for hydroxylation is 1. The van der Waals surface area contributed by atoms with Crippen LogP contribution in [0.4, 0.5) is 15.8 Å². The molecular weight excluding hydrogens is 485 g/mol. The van der Waals surface area contributed by atoms with Gasteiger partial charge in [-0.3, -0.25) is 14.4 Å². The van der Waals surface area contributed by atoms with Gasteiger partial charge in [0.15, 0.2) is 11.6 Å². The van der Waals surface area contributed by atoms with Crippen LogP contribution >= 0.6 is 0 Å². The number of hydrogen-bond acceptors (Lipinski definition) is 7. The van der Waals surface area contributed by atoms with Crippen molar-refractivity contribution in [2.45, 2.75) is 37.8 Å². The van der Waals surface area contributed by atoms with Gasteiger partial charge in [0.25, 0.3) is 5.91 Å². The van der Waals surface area contributed by atoms with E-state index in [4.69, 9.17) is 9.72 Å². The van der Waals surface area contributed by atoms with E-state index >= 15 is 0 Å². The van der Waals surface area contributed by atoms with Gasteiger partial charge in [0, 0.05) is 73.9 Å². The van der Waals surface area contributed by atoms with Crippen LogP contribution in [0.1, 0.15) is 48.0 Å².